The number of piperidine rings is 1. The highest BCUT2D eigenvalue weighted by Gasteiger charge is 2.53. The van der Waals surface area contributed by atoms with Gasteiger partial charge in [-0.3, -0.25) is 9.59 Å². The summed E-state index contributed by atoms with van der Waals surface area (Å²) in [5.74, 6) is -1.73. The summed E-state index contributed by atoms with van der Waals surface area (Å²) in [5.41, 5.74) is -0.123. The van der Waals surface area contributed by atoms with E-state index in [1.165, 1.54) is 6.07 Å². The van der Waals surface area contributed by atoms with Crippen molar-refractivity contribution in [2.24, 2.45) is 10.8 Å². The molecule has 7 heteroatoms. The van der Waals surface area contributed by atoms with E-state index in [9.17, 15) is 23.5 Å². The minimum atomic E-state index is -0.904. The molecule has 2 amide bonds. The van der Waals surface area contributed by atoms with Crippen molar-refractivity contribution in [1.82, 2.24) is 9.80 Å². The van der Waals surface area contributed by atoms with Gasteiger partial charge < -0.3 is 14.9 Å². The molecule has 2 aliphatic heterocycles. The number of hydrogen-bond donors (Lipinski definition) is 1. The van der Waals surface area contributed by atoms with Crippen LogP contribution in [-0.4, -0.2) is 53.0 Å². The summed E-state index contributed by atoms with van der Waals surface area (Å²) in [6.07, 6.45) is 3.44. The zero-order valence-electron chi connectivity index (χ0n) is 15.2. The number of amides is 2. The Bertz CT molecular complexity index is 770. The second-order valence-corrected chi connectivity index (χ2v) is 8.41. The molecule has 3 fully saturated rings. The van der Waals surface area contributed by atoms with Crippen molar-refractivity contribution >= 4 is 11.8 Å². The molecule has 1 N–H and O–H groups in total. The summed E-state index contributed by atoms with van der Waals surface area (Å²) >= 11 is 0. The molecule has 0 unspecified atom stereocenters. The van der Waals surface area contributed by atoms with E-state index < -0.39 is 17.0 Å². The fourth-order valence-electron chi connectivity index (χ4n) is 4.43. The van der Waals surface area contributed by atoms with Crippen LogP contribution in [0.2, 0.25) is 0 Å². The fraction of sp³-hybridized carbons (Fsp3) is 0.600. The van der Waals surface area contributed by atoms with Crippen LogP contribution in [-0.2, 0) is 16.1 Å². The lowest BCUT2D eigenvalue weighted by molar-refractivity contribution is -0.140. The normalized spacial score (nSPS) is 23.1. The Labute approximate surface area is 156 Å². The van der Waals surface area contributed by atoms with Crippen LogP contribution in [0.15, 0.2) is 18.2 Å². The number of rotatable bonds is 4. The average molecular weight is 378 g/mol. The largest absolute Gasteiger partial charge is 0.395 e. The lowest BCUT2D eigenvalue weighted by atomic mass is 9.77. The molecular formula is C20H24F2N2O3. The number of carbonyl (C=O) groups is 2. The number of hydrogen-bond acceptors (Lipinski definition) is 3. The topological polar surface area (TPSA) is 60.9 Å². The molecule has 1 aliphatic carbocycles. The maximum atomic E-state index is 13.4. The Hall–Kier alpha value is -2.02. The molecule has 0 bridgehead atoms. The van der Waals surface area contributed by atoms with Crippen LogP contribution >= 0.6 is 0 Å². The molecule has 5 nitrogen and oxygen atoms in total. The lowest BCUT2D eigenvalue weighted by Crippen LogP contribution is -2.47. The number of likely N-dealkylation sites (tertiary alicyclic amines) is 2. The third-order valence-electron chi connectivity index (χ3n) is 6.48. The molecule has 2 saturated heterocycles. The number of carbonyl (C=O) groups excluding carboxylic acids is 2. The monoisotopic (exact) mass is 378 g/mol. The van der Waals surface area contributed by atoms with Crippen molar-refractivity contribution < 1.29 is 23.5 Å². The van der Waals surface area contributed by atoms with Crippen LogP contribution in [0.3, 0.4) is 0 Å². The second-order valence-electron chi connectivity index (χ2n) is 8.41. The number of halogens is 2. The second kappa shape index (κ2) is 6.55. The van der Waals surface area contributed by atoms with Crippen molar-refractivity contribution in [1.29, 1.82) is 0 Å². The minimum Gasteiger partial charge on any atom is -0.395 e. The predicted octanol–water partition coefficient (Wildman–Crippen LogP) is 2.08. The summed E-state index contributed by atoms with van der Waals surface area (Å²) in [6, 6.07) is 3.72. The van der Waals surface area contributed by atoms with Gasteiger partial charge in [0.2, 0.25) is 11.8 Å². The molecule has 1 saturated carbocycles. The van der Waals surface area contributed by atoms with Crippen LogP contribution in [0.4, 0.5) is 8.78 Å². The van der Waals surface area contributed by atoms with Gasteiger partial charge in [-0.2, -0.15) is 0 Å². The maximum absolute atomic E-state index is 13.4. The van der Waals surface area contributed by atoms with E-state index in [1.807, 2.05) is 4.90 Å². The number of aliphatic hydroxyl groups is 1. The minimum absolute atomic E-state index is 0.0218. The van der Waals surface area contributed by atoms with Crippen molar-refractivity contribution in [3.8, 4) is 0 Å². The van der Waals surface area contributed by atoms with E-state index in [2.05, 4.69) is 0 Å². The number of benzene rings is 1. The zero-order valence-corrected chi connectivity index (χ0v) is 15.2. The molecular weight excluding hydrogens is 354 g/mol. The fourth-order valence-corrected chi connectivity index (χ4v) is 4.43. The molecule has 1 aromatic carbocycles. The van der Waals surface area contributed by atoms with E-state index in [0.29, 0.717) is 31.6 Å². The van der Waals surface area contributed by atoms with Gasteiger partial charge in [0.25, 0.3) is 0 Å². The summed E-state index contributed by atoms with van der Waals surface area (Å²) in [7, 11) is 0. The standard InChI is InChI=1S/C20H24F2N2O3/c21-15-2-1-14(9-16(15)22)11-24-12-19(10-17(24)26)5-7-23(8-6-19)18(27)20(13-25)3-4-20/h1-2,9,25H,3-8,10-13H2. The first kappa shape index (κ1) is 18.3. The van der Waals surface area contributed by atoms with Crippen molar-refractivity contribution in [2.75, 3.05) is 26.2 Å². The molecule has 0 aromatic heterocycles. The summed E-state index contributed by atoms with van der Waals surface area (Å²) in [4.78, 5) is 28.6. The summed E-state index contributed by atoms with van der Waals surface area (Å²) in [6.45, 7) is 1.97. The quantitative estimate of drug-likeness (QED) is 0.873. The van der Waals surface area contributed by atoms with E-state index in [1.54, 1.807) is 4.90 Å². The summed E-state index contributed by atoms with van der Waals surface area (Å²) in [5, 5.41) is 9.46. The van der Waals surface area contributed by atoms with Gasteiger partial charge in [0.15, 0.2) is 11.6 Å². The average Bonchev–Trinajstić information content (AvgIpc) is 3.40. The van der Waals surface area contributed by atoms with Crippen LogP contribution < -0.4 is 0 Å². The SMILES string of the molecule is O=C1CC2(CCN(C(=O)C3(CO)CC3)CC2)CN1Cc1ccc(F)c(F)c1. The van der Waals surface area contributed by atoms with E-state index >= 15 is 0 Å². The third kappa shape index (κ3) is 3.33. The molecule has 1 aromatic rings. The molecule has 1 spiro atoms. The van der Waals surface area contributed by atoms with Crippen molar-refractivity contribution in [3.63, 3.8) is 0 Å². The van der Waals surface area contributed by atoms with Gasteiger partial charge in [-0.15, -0.1) is 0 Å². The lowest BCUT2D eigenvalue weighted by Gasteiger charge is -2.40. The van der Waals surface area contributed by atoms with Gasteiger partial charge in [-0.1, -0.05) is 6.07 Å². The first-order chi connectivity index (χ1) is 12.9. The smallest absolute Gasteiger partial charge is 0.231 e. The molecule has 27 heavy (non-hydrogen) atoms. The first-order valence-corrected chi connectivity index (χ1v) is 9.48. The van der Waals surface area contributed by atoms with Crippen molar-refractivity contribution in [2.45, 2.75) is 38.6 Å². The van der Waals surface area contributed by atoms with Crippen LogP contribution in [0.1, 0.15) is 37.7 Å². The van der Waals surface area contributed by atoms with Gasteiger partial charge in [0.05, 0.1) is 12.0 Å². The maximum Gasteiger partial charge on any atom is 0.231 e. The Kier molecular flexibility index (Phi) is 4.45. The van der Waals surface area contributed by atoms with E-state index in [-0.39, 0.29) is 30.4 Å². The van der Waals surface area contributed by atoms with E-state index in [0.717, 1.165) is 37.8 Å². The molecule has 4 rings (SSSR count). The Morgan fingerprint density at radius 2 is 1.81 bits per heavy atom. The molecule has 2 heterocycles. The van der Waals surface area contributed by atoms with E-state index in [4.69, 9.17) is 0 Å². The zero-order chi connectivity index (χ0) is 19.2. The van der Waals surface area contributed by atoms with Crippen LogP contribution in [0.5, 0.6) is 0 Å². The van der Waals surface area contributed by atoms with Crippen LogP contribution in [0, 0.1) is 22.5 Å². The first-order valence-electron chi connectivity index (χ1n) is 9.48. The molecule has 146 valence electrons. The Morgan fingerprint density at radius 3 is 2.41 bits per heavy atom. The molecule has 3 aliphatic rings. The highest BCUT2D eigenvalue weighted by molar-refractivity contribution is 5.85. The summed E-state index contributed by atoms with van der Waals surface area (Å²) < 4.78 is 26.5. The molecule has 0 radical (unpaired) electrons. The number of aliphatic hydroxyl groups excluding tert-OH is 1. The van der Waals surface area contributed by atoms with Gasteiger partial charge in [-0.25, -0.2) is 8.78 Å². The van der Waals surface area contributed by atoms with Gasteiger partial charge in [-0.05, 0) is 43.4 Å². The Balaban J connectivity index is 1.37. The van der Waals surface area contributed by atoms with Gasteiger partial charge >= 0.3 is 0 Å². The highest BCUT2D eigenvalue weighted by atomic mass is 19.2. The number of nitrogens with zero attached hydrogens (tertiary/aromatic N) is 2. The predicted molar refractivity (Wildman–Crippen MR) is 93.4 cm³/mol. The highest BCUT2D eigenvalue weighted by Crippen LogP contribution is 2.48. The Morgan fingerprint density at radius 1 is 1.11 bits per heavy atom. The van der Waals surface area contributed by atoms with Crippen LogP contribution in [0.25, 0.3) is 0 Å². The van der Waals surface area contributed by atoms with Crippen molar-refractivity contribution in [3.05, 3.63) is 35.4 Å². The third-order valence-corrected chi connectivity index (χ3v) is 6.48. The van der Waals surface area contributed by atoms with Gasteiger partial charge in [0, 0.05) is 38.0 Å². The molecule has 0 atom stereocenters. The van der Waals surface area contributed by atoms with Gasteiger partial charge in [0.1, 0.15) is 0 Å².